The largest absolute Gasteiger partial charge is 0.573 e. The molecule has 7 nitrogen and oxygen atoms in total. The summed E-state index contributed by atoms with van der Waals surface area (Å²) >= 11 is 0. The zero-order chi connectivity index (χ0) is 21.9. The van der Waals surface area contributed by atoms with Crippen molar-refractivity contribution < 1.29 is 22.7 Å². The first-order valence-corrected chi connectivity index (χ1v) is 9.64. The molecule has 0 aliphatic carbocycles. The number of carbonyl (C=O) groups excluding carboxylic acids is 1. The molecule has 1 saturated heterocycles. The highest BCUT2D eigenvalue weighted by atomic mass is 19.4. The Bertz CT molecular complexity index is 904. The number of piperazine rings is 1. The number of carbonyl (C=O) groups is 1. The summed E-state index contributed by atoms with van der Waals surface area (Å²) in [5, 5.41) is 3.43. The lowest BCUT2D eigenvalue weighted by Crippen LogP contribution is -2.51. The van der Waals surface area contributed by atoms with Crippen LogP contribution in [0.1, 0.15) is 36.3 Å². The lowest BCUT2D eigenvalue weighted by molar-refractivity contribution is -0.274. The lowest BCUT2D eigenvalue weighted by atomic mass is 10.0. The Morgan fingerprint density at radius 1 is 1.37 bits per heavy atom. The smallest absolute Gasteiger partial charge is 0.403 e. The average molecular weight is 423 g/mol. The molecule has 3 heterocycles. The van der Waals surface area contributed by atoms with Crippen molar-refractivity contribution >= 4 is 17.4 Å². The van der Waals surface area contributed by atoms with Gasteiger partial charge in [0.25, 0.3) is 0 Å². The van der Waals surface area contributed by atoms with E-state index in [2.05, 4.69) is 33.9 Å². The van der Waals surface area contributed by atoms with Crippen molar-refractivity contribution in [2.24, 2.45) is 5.92 Å². The van der Waals surface area contributed by atoms with Gasteiger partial charge in [0.1, 0.15) is 11.6 Å². The van der Waals surface area contributed by atoms with Crippen molar-refractivity contribution in [3.05, 3.63) is 41.7 Å². The summed E-state index contributed by atoms with van der Waals surface area (Å²) in [6.07, 6.45) is -2.63. The molecule has 1 aliphatic rings. The predicted molar refractivity (Wildman–Crippen MR) is 106 cm³/mol. The molecule has 1 atom stereocenters. The Morgan fingerprint density at radius 3 is 2.80 bits per heavy atom. The van der Waals surface area contributed by atoms with Crippen LogP contribution in [0.4, 0.5) is 24.8 Å². The molecular weight excluding hydrogens is 399 g/mol. The first-order valence-electron chi connectivity index (χ1n) is 9.64. The Hall–Kier alpha value is -2.88. The van der Waals surface area contributed by atoms with Gasteiger partial charge in [0, 0.05) is 31.9 Å². The van der Waals surface area contributed by atoms with E-state index in [0.717, 1.165) is 12.5 Å². The molecule has 1 aliphatic heterocycles. The van der Waals surface area contributed by atoms with Crippen molar-refractivity contribution in [1.29, 1.82) is 0 Å². The van der Waals surface area contributed by atoms with Crippen LogP contribution >= 0.6 is 0 Å². The minimum atomic E-state index is -4.96. The number of nitrogens with zero attached hydrogens (tertiary/aromatic N) is 3. The molecule has 0 saturated carbocycles. The number of aromatic nitrogens is 2. The standard InChI is InChI=1S/C20H24F3N5O2/c1-12(2)10-13-11-28(9-8-25-13)16-6-5-15(30-20(21,22)23)17(27-16)18(29)14-4-3-7-26-19(14)24/h3-7,12-13,25H,8-11H2,1-2H3,(H2,24,26)/t13-/m0/s1. The summed E-state index contributed by atoms with van der Waals surface area (Å²) in [6.45, 7) is 6.20. The molecule has 2 aromatic rings. The SMILES string of the molecule is CC(C)C[C@H]1CN(c2ccc(OC(F)(F)F)c(C(=O)c3cccnc3N)n2)CCN1. The number of nitrogens with two attached hydrogens (primary N) is 1. The molecular formula is C20H24F3N5O2. The van der Waals surface area contributed by atoms with Gasteiger partial charge in [-0.15, -0.1) is 13.2 Å². The first-order chi connectivity index (χ1) is 14.1. The number of nitrogens with one attached hydrogen (secondary N) is 1. The second kappa shape index (κ2) is 8.86. The minimum absolute atomic E-state index is 0.0350. The maximum Gasteiger partial charge on any atom is 0.573 e. The number of anilines is 2. The van der Waals surface area contributed by atoms with E-state index in [4.69, 9.17) is 5.73 Å². The van der Waals surface area contributed by atoms with Gasteiger partial charge in [-0.05, 0) is 36.6 Å². The number of hydrogen-bond donors (Lipinski definition) is 2. The minimum Gasteiger partial charge on any atom is -0.403 e. The molecule has 30 heavy (non-hydrogen) atoms. The number of alkyl halides is 3. The Balaban J connectivity index is 1.96. The summed E-state index contributed by atoms with van der Waals surface area (Å²) in [5.41, 5.74) is 5.25. The van der Waals surface area contributed by atoms with Gasteiger partial charge < -0.3 is 20.7 Å². The topological polar surface area (TPSA) is 93.4 Å². The van der Waals surface area contributed by atoms with E-state index < -0.39 is 23.6 Å². The van der Waals surface area contributed by atoms with E-state index in [1.165, 1.54) is 24.4 Å². The summed E-state index contributed by atoms with van der Waals surface area (Å²) in [4.78, 5) is 23.0. The molecule has 2 aromatic heterocycles. The van der Waals surface area contributed by atoms with E-state index in [0.29, 0.717) is 31.4 Å². The number of ether oxygens (including phenoxy) is 1. The molecule has 10 heteroatoms. The van der Waals surface area contributed by atoms with Crippen LogP contribution in [0.2, 0.25) is 0 Å². The van der Waals surface area contributed by atoms with E-state index >= 15 is 0 Å². The van der Waals surface area contributed by atoms with Crippen LogP contribution in [0.3, 0.4) is 0 Å². The third kappa shape index (κ3) is 5.38. The predicted octanol–water partition coefficient (Wildman–Crippen LogP) is 3.01. The van der Waals surface area contributed by atoms with E-state index in [9.17, 15) is 18.0 Å². The van der Waals surface area contributed by atoms with Crippen LogP contribution in [0.25, 0.3) is 0 Å². The molecule has 3 N–H and O–H groups in total. The van der Waals surface area contributed by atoms with Gasteiger partial charge in [0.2, 0.25) is 5.78 Å². The van der Waals surface area contributed by atoms with E-state index in [-0.39, 0.29) is 17.4 Å². The number of halogens is 3. The first kappa shape index (κ1) is 21.8. The lowest BCUT2D eigenvalue weighted by Gasteiger charge is -2.35. The molecule has 0 aromatic carbocycles. The van der Waals surface area contributed by atoms with Crippen LogP contribution in [-0.2, 0) is 0 Å². The summed E-state index contributed by atoms with van der Waals surface area (Å²) < 4.78 is 42.7. The zero-order valence-electron chi connectivity index (χ0n) is 16.7. The fourth-order valence-corrected chi connectivity index (χ4v) is 3.48. The van der Waals surface area contributed by atoms with Gasteiger partial charge in [0.05, 0.1) is 5.56 Å². The van der Waals surface area contributed by atoms with Crippen LogP contribution in [0.15, 0.2) is 30.5 Å². The highest BCUT2D eigenvalue weighted by molar-refractivity contribution is 6.12. The maximum absolute atomic E-state index is 13.0. The van der Waals surface area contributed by atoms with Gasteiger partial charge in [-0.3, -0.25) is 4.79 Å². The molecule has 162 valence electrons. The van der Waals surface area contributed by atoms with Crippen LogP contribution in [-0.4, -0.2) is 47.8 Å². The van der Waals surface area contributed by atoms with Crippen LogP contribution in [0.5, 0.6) is 5.75 Å². The van der Waals surface area contributed by atoms with Crippen LogP contribution < -0.4 is 20.7 Å². The highest BCUT2D eigenvalue weighted by Gasteiger charge is 2.34. The number of hydrogen-bond acceptors (Lipinski definition) is 7. The molecule has 0 spiro atoms. The van der Waals surface area contributed by atoms with Gasteiger partial charge in [-0.1, -0.05) is 13.8 Å². The second-order valence-corrected chi connectivity index (χ2v) is 7.56. The van der Waals surface area contributed by atoms with Gasteiger partial charge in [-0.2, -0.15) is 0 Å². The third-order valence-electron chi connectivity index (χ3n) is 4.70. The van der Waals surface area contributed by atoms with Crippen molar-refractivity contribution in [2.75, 3.05) is 30.3 Å². The molecule has 3 rings (SSSR count). The Labute approximate surface area is 172 Å². The number of nitrogen functional groups attached to an aromatic ring is 1. The zero-order valence-corrected chi connectivity index (χ0v) is 16.7. The van der Waals surface area contributed by atoms with Crippen molar-refractivity contribution in [3.63, 3.8) is 0 Å². The summed E-state index contributed by atoms with van der Waals surface area (Å²) in [7, 11) is 0. The number of pyridine rings is 2. The average Bonchev–Trinajstić information content (AvgIpc) is 2.67. The highest BCUT2D eigenvalue weighted by Crippen LogP contribution is 2.30. The summed E-state index contributed by atoms with van der Waals surface area (Å²) in [6, 6.07) is 5.64. The van der Waals surface area contributed by atoms with Crippen molar-refractivity contribution in [3.8, 4) is 5.75 Å². The molecule has 0 amide bonds. The van der Waals surface area contributed by atoms with Gasteiger partial charge in [-0.25, -0.2) is 9.97 Å². The molecule has 0 radical (unpaired) electrons. The number of ketones is 1. The summed E-state index contributed by atoms with van der Waals surface area (Å²) in [5.74, 6) is -0.648. The van der Waals surface area contributed by atoms with Crippen LogP contribution in [0, 0.1) is 5.92 Å². The second-order valence-electron chi connectivity index (χ2n) is 7.56. The number of rotatable bonds is 6. The van der Waals surface area contributed by atoms with E-state index in [1.54, 1.807) is 0 Å². The Kier molecular flexibility index (Phi) is 6.45. The molecule has 1 fully saturated rings. The molecule has 0 unspecified atom stereocenters. The van der Waals surface area contributed by atoms with Gasteiger partial charge in [0.15, 0.2) is 11.4 Å². The third-order valence-corrected chi connectivity index (χ3v) is 4.70. The monoisotopic (exact) mass is 423 g/mol. The quantitative estimate of drug-likeness (QED) is 0.690. The van der Waals surface area contributed by atoms with Crippen molar-refractivity contribution in [2.45, 2.75) is 32.7 Å². The fourth-order valence-electron chi connectivity index (χ4n) is 3.48. The maximum atomic E-state index is 13.0. The van der Waals surface area contributed by atoms with Crippen molar-refractivity contribution in [1.82, 2.24) is 15.3 Å². The Morgan fingerprint density at radius 2 is 2.13 bits per heavy atom. The molecule has 0 bridgehead atoms. The normalized spacial score (nSPS) is 17.3. The fraction of sp³-hybridized carbons (Fsp3) is 0.450. The van der Waals surface area contributed by atoms with Gasteiger partial charge >= 0.3 is 6.36 Å². The van der Waals surface area contributed by atoms with E-state index in [1.807, 2.05) is 4.90 Å².